The Kier molecular flexibility index (Phi) is 3.76. The average Bonchev–Trinajstić information content (AvgIpc) is 3.04. The van der Waals surface area contributed by atoms with E-state index in [1.54, 1.807) is 0 Å². The second-order valence-electron chi connectivity index (χ2n) is 6.84. The summed E-state index contributed by atoms with van der Waals surface area (Å²) >= 11 is 6.07. The number of phenolic OH excluding ortho intramolecular Hbond substituents is 1. The summed E-state index contributed by atoms with van der Waals surface area (Å²) in [6, 6.07) is 1.48. The van der Waals surface area contributed by atoms with Crippen molar-refractivity contribution in [2.24, 2.45) is 11.8 Å². The van der Waals surface area contributed by atoms with Crippen LogP contribution in [0.5, 0.6) is 5.75 Å². The molecule has 4 rings (SSSR count). The summed E-state index contributed by atoms with van der Waals surface area (Å²) in [5.41, 5.74) is 0.935. The van der Waals surface area contributed by atoms with Crippen LogP contribution in [0.1, 0.15) is 37.2 Å². The molecule has 0 saturated carbocycles. The van der Waals surface area contributed by atoms with Crippen molar-refractivity contribution >= 4 is 23.0 Å². The molecular formula is C18H19ClN2O3. The van der Waals surface area contributed by atoms with Gasteiger partial charge >= 0.3 is 0 Å². The highest BCUT2D eigenvalue weighted by Gasteiger charge is 2.45. The van der Waals surface area contributed by atoms with Gasteiger partial charge in [0.2, 0.25) is 0 Å². The van der Waals surface area contributed by atoms with Crippen LogP contribution in [0.3, 0.4) is 0 Å². The van der Waals surface area contributed by atoms with E-state index in [-0.39, 0.29) is 34.3 Å². The predicted molar refractivity (Wildman–Crippen MR) is 93.7 cm³/mol. The molecule has 2 aliphatic carbocycles. The zero-order valence-electron chi connectivity index (χ0n) is 13.1. The molecule has 3 aliphatic rings. The number of nitro benzene ring substituents is 1. The maximum Gasteiger partial charge on any atom is 0.293 e. The first-order chi connectivity index (χ1) is 11.6. The Balaban J connectivity index is 1.84. The summed E-state index contributed by atoms with van der Waals surface area (Å²) in [7, 11) is 0. The van der Waals surface area contributed by atoms with Gasteiger partial charge in [-0.15, -0.1) is 0 Å². The van der Waals surface area contributed by atoms with Crippen LogP contribution < -0.4 is 5.32 Å². The lowest BCUT2D eigenvalue weighted by Crippen LogP contribution is -2.42. The van der Waals surface area contributed by atoms with Crippen LogP contribution >= 0.6 is 11.6 Å². The number of benzene rings is 1. The van der Waals surface area contributed by atoms with Crippen molar-refractivity contribution < 1.29 is 10.0 Å². The Labute approximate surface area is 145 Å². The van der Waals surface area contributed by atoms with Crippen molar-refractivity contribution in [3.63, 3.8) is 0 Å². The quantitative estimate of drug-likeness (QED) is 0.350. The monoisotopic (exact) mass is 346 g/mol. The van der Waals surface area contributed by atoms with E-state index < -0.39 is 4.92 Å². The molecular weight excluding hydrogens is 328 g/mol. The summed E-state index contributed by atoms with van der Waals surface area (Å²) in [6.07, 6.45) is 12.6. The molecule has 4 unspecified atom stereocenters. The van der Waals surface area contributed by atoms with Gasteiger partial charge in [0.05, 0.1) is 16.2 Å². The first kappa shape index (κ1) is 15.5. The Morgan fingerprint density at radius 1 is 1.29 bits per heavy atom. The van der Waals surface area contributed by atoms with Gasteiger partial charge in [0, 0.05) is 18.0 Å². The first-order valence-electron chi connectivity index (χ1n) is 8.36. The molecule has 1 aromatic carbocycles. The number of halogens is 1. The maximum atomic E-state index is 11.6. The second-order valence-corrected chi connectivity index (χ2v) is 7.25. The topological polar surface area (TPSA) is 75.4 Å². The molecule has 126 valence electrons. The predicted octanol–water partition coefficient (Wildman–Crippen LogP) is 4.76. The van der Waals surface area contributed by atoms with Crippen LogP contribution in [0, 0.1) is 22.0 Å². The Morgan fingerprint density at radius 3 is 2.83 bits per heavy atom. The van der Waals surface area contributed by atoms with Gasteiger partial charge < -0.3 is 10.4 Å². The van der Waals surface area contributed by atoms with Crippen LogP contribution in [0.15, 0.2) is 30.4 Å². The molecule has 0 fully saturated rings. The second kappa shape index (κ2) is 5.81. The van der Waals surface area contributed by atoms with Crippen molar-refractivity contribution in [2.45, 2.75) is 37.6 Å². The fourth-order valence-electron chi connectivity index (χ4n) is 4.54. The van der Waals surface area contributed by atoms with E-state index in [0.29, 0.717) is 17.2 Å². The lowest BCUT2D eigenvalue weighted by molar-refractivity contribution is -0.385. The van der Waals surface area contributed by atoms with E-state index in [0.717, 1.165) is 25.7 Å². The van der Waals surface area contributed by atoms with Crippen LogP contribution in [-0.2, 0) is 0 Å². The lowest BCUT2D eigenvalue weighted by Gasteiger charge is -2.41. The number of nitro groups is 1. The van der Waals surface area contributed by atoms with Gasteiger partial charge in [0.15, 0.2) is 0 Å². The smallest absolute Gasteiger partial charge is 0.293 e. The van der Waals surface area contributed by atoms with Gasteiger partial charge in [-0.1, -0.05) is 35.9 Å². The molecule has 0 saturated heterocycles. The molecule has 0 radical (unpaired) electrons. The minimum absolute atomic E-state index is 0.00357. The van der Waals surface area contributed by atoms with Gasteiger partial charge in [-0.2, -0.15) is 0 Å². The first-order valence-corrected chi connectivity index (χ1v) is 8.73. The number of hydrogen-bond acceptors (Lipinski definition) is 4. The third-order valence-corrected chi connectivity index (χ3v) is 5.88. The summed E-state index contributed by atoms with van der Waals surface area (Å²) in [4.78, 5) is 11.1. The number of anilines is 1. The summed E-state index contributed by atoms with van der Waals surface area (Å²) in [5, 5.41) is 25.4. The fraction of sp³-hybridized carbons (Fsp3) is 0.444. The van der Waals surface area contributed by atoms with E-state index in [4.69, 9.17) is 11.6 Å². The molecule has 0 spiro atoms. The summed E-state index contributed by atoms with van der Waals surface area (Å²) in [6.45, 7) is 0. The highest BCUT2D eigenvalue weighted by atomic mass is 35.5. The number of nitrogens with zero attached hydrogens (tertiary/aromatic N) is 1. The highest BCUT2D eigenvalue weighted by Crippen LogP contribution is 2.54. The number of aromatic hydroxyl groups is 1. The molecule has 0 aromatic heterocycles. The molecule has 4 atom stereocenters. The molecule has 0 amide bonds. The van der Waals surface area contributed by atoms with E-state index in [2.05, 4.69) is 23.5 Å². The number of phenols is 1. The molecule has 1 aromatic rings. The van der Waals surface area contributed by atoms with E-state index >= 15 is 0 Å². The zero-order chi connectivity index (χ0) is 16.8. The molecule has 1 aliphatic heterocycles. The SMILES string of the molecule is O=[N+]([O-])c1c(Cl)cc(O)c2c1C1C=CCC1C(C1CC=CCC1)N2. The maximum absolute atomic E-state index is 11.6. The molecule has 6 heteroatoms. The Morgan fingerprint density at radius 2 is 2.12 bits per heavy atom. The third kappa shape index (κ3) is 2.30. The Bertz CT molecular complexity index is 759. The lowest BCUT2D eigenvalue weighted by atomic mass is 9.71. The van der Waals surface area contributed by atoms with Crippen molar-refractivity contribution in [1.29, 1.82) is 0 Å². The van der Waals surface area contributed by atoms with Gasteiger partial charge in [-0.3, -0.25) is 10.1 Å². The van der Waals surface area contributed by atoms with Crippen molar-refractivity contribution in [2.75, 3.05) is 5.32 Å². The van der Waals surface area contributed by atoms with E-state index in [1.807, 2.05) is 6.08 Å². The third-order valence-electron chi connectivity index (χ3n) is 5.59. The number of fused-ring (bicyclic) bond motifs is 3. The fourth-order valence-corrected chi connectivity index (χ4v) is 4.82. The minimum Gasteiger partial charge on any atom is -0.506 e. The van der Waals surface area contributed by atoms with Crippen LogP contribution in [-0.4, -0.2) is 16.1 Å². The van der Waals surface area contributed by atoms with E-state index in [9.17, 15) is 15.2 Å². The van der Waals surface area contributed by atoms with Gasteiger partial charge in [-0.25, -0.2) is 0 Å². The summed E-state index contributed by atoms with van der Waals surface area (Å²) in [5.74, 6) is 0.674. The number of rotatable bonds is 2. The summed E-state index contributed by atoms with van der Waals surface area (Å²) < 4.78 is 0. The standard InChI is InChI=1S/C18H19ClN2O3/c19-13-9-14(22)17-15(18(13)21(23)24)11-7-4-8-12(11)16(20-17)10-5-2-1-3-6-10/h1-2,4,7,9-12,16,20,22H,3,5-6,8H2. The molecule has 0 bridgehead atoms. The average molecular weight is 347 g/mol. The number of allylic oxidation sites excluding steroid dienone is 4. The van der Waals surface area contributed by atoms with Crippen LogP contribution in [0.4, 0.5) is 11.4 Å². The minimum atomic E-state index is -0.435. The van der Waals surface area contributed by atoms with Crippen molar-refractivity contribution in [3.8, 4) is 5.75 Å². The molecule has 5 nitrogen and oxygen atoms in total. The van der Waals surface area contributed by atoms with Crippen LogP contribution in [0.25, 0.3) is 0 Å². The normalized spacial score (nSPS) is 30.5. The van der Waals surface area contributed by atoms with E-state index in [1.165, 1.54) is 6.07 Å². The van der Waals surface area contributed by atoms with Crippen molar-refractivity contribution in [3.05, 3.63) is 51.1 Å². The highest BCUT2D eigenvalue weighted by molar-refractivity contribution is 6.33. The number of hydrogen-bond donors (Lipinski definition) is 2. The molecule has 24 heavy (non-hydrogen) atoms. The van der Waals surface area contributed by atoms with Gasteiger partial charge in [0.1, 0.15) is 10.8 Å². The molecule has 2 N–H and O–H groups in total. The largest absolute Gasteiger partial charge is 0.506 e. The van der Waals surface area contributed by atoms with Crippen LogP contribution in [0.2, 0.25) is 5.02 Å². The number of nitrogens with one attached hydrogen (secondary N) is 1. The Hall–Kier alpha value is -2.01. The van der Waals surface area contributed by atoms with Crippen molar-refractivity contribution in [1.82, 2.24) is 0 Å². The molecule has 1 heterocycles. The van der Waals surface area contributed by atoms with Gasteiger partial charge in [0.25, 0.3) is 5.69 Å². The van der Waals surface area contributed by atoms with Gasteiger partial charge in [-0.05, 0) is 37.5 Å². The zero-order valence-corrected chi connectivity index (χ0v) is 13.9.